The molecule has 0 heterocycles. The molecule has 0 saturated carbocycles. The largest absolute Gasteiger partial charge is 0.508 e. The minimum atomic E-state index is -0.0907. The highest BCUT2D eigenvalue weighted by molar-refractivity contribution is 5.25. The lowest BCUT2D eigenvalue weighted by Gasteiger charge is -2.16. The quantitative estimate of drug-likeness (QED) is 0.707. The molecular weight excluding hydrogens is 216 g/mol. The van der Waals surface area contributed by atoms with Gasteiger partial charge in [0, 0.05) is 6.61 Å². The van der Waals surface area contributed by atoms with Gasteiger partial charge < -0.3 is 14.6 Å². The summed E-state index contributed by atoms with van der Waals surface area (Å²) in [6.45, 7) is 5.54. The molecular formula is C14H22O3. The Morgan fingerprint density at radius 2 is 1.71 bits per heavy atom. The monoisotopic (exact) mass is 238 g/mol. The SMILES string of the molecule is CCCOC(CC)OCCc1ccc(O)cc1. The Bertz CT molecular complexity index is 295. The Kier molecular flexibility index (Phi) is 6.67. The molecule has 1 rings (SSSR count). The Labute approximate surface area is 103 Å². The van der Waals surface area contributed by atoms with E-state index in [1.807, 2.05) is 12.1 Å². The van der Waals surface area contributed by atoms with Crippen LogP contribution in [0.3, 0.4) is 0 Å². The molecule has 3 heteroatoms. The lowest BCUT2D eigenvalue weighted by Crippen LogP contribution is -2.18. The number of aromatic hydroxyl groups is 1. The summed E-state index contributed by atoms with van der Waals surface area (Å²) in [5, 5.41) is 9.15. The van der Waals surface area contributed by atoms with Gasteiger partial charge in [0.2, 0.25) is 0 Å². The van der Waals surface area contributed by atoms with Crippen molar-refractivity contribution in [2.45, 2.75) is 39.4 Å². The fourth-order valence-corrected chi connectivity index (χ4v) is 1.50. The van der Waals surface area contributed by atoms with E-state index in [-0.39, 0.29) is 6.29 Å². The van der Waals surface area contributed by atoms with Crippen LogP contribution in [-0.4, -0.2) is 24.6 Å². The third-order valence-corrected chi connectivity index (χ3v) is 2.47. The van der Waals surface area contributed by atoms with E-state index in [2.05, 4.69) is 13.8 Å². The third-order valence-electron chi connectivity index (χ3n) is 2.47. The van der Waals surface area contributed by atoms with Gasteiger partial charge in [-0.15, -0.1) is 0 Å². The minimum Gasteiger partial charge on any atom is -0.508 e. The van der Waals surface area contributed by atoms with Gasteiger partial charge in [-0.1, -0.05) is 26.0 Å². The zero-order chi connectivity index (χ0) is 12.5. The summed E-state index contributed by atoms with van der Waals surface area (Å²) in [7, 11) is 0. The van der Waals surface area contributed by atoms with Crippen molar-refractivity contribution in [1.29, 1.82) is 0 Å². The van der Waals surface area contributed by atoms with Gasteiger partial charge >= 0.3 is 0 Å². The van der Waals surface area contributed by atoms with Crippen LogP contribution in [0.5, 0.6) is 5.75 Å². The molecule has 0 aliphatic rings. The number of benzene rings is 1. The van der Waals surface area contributed by atoms with Gasteiger partial charge in [0.05, 0.1) is 6.61 Å². The van der Waals surface area contributed by atoms with E-state index in [0.29, 0.717) is 12.4 Å². The van der Waals surface area contributed by atoms with Crippen LogP contribution in [-0.2, 0) is 15.9 Å². The predicted molar refractivity (Wildman–Crippen MR) is 68.1 cm³/mol. The molecule has 96 valence electrons. The molecule has 1 aromatic rings. The van der Waals surface area contributed by atoms with Gasteiger partial charge in [-0.05, 0) is 37.0 Å². The number of phenols is 1. The second-order valence-corrected chi connectivity index (χ2v) is 4.00. The average molecular weight is 238 g/mol. The summed E-state index contributed by atoms with van der Waals surface area (Å²) in [6, 6.07) is 7.21. The fourth-order valence-electron chi connectivity index (χ4n) is 1.50. The third kappa shape index (κ3) is 5.71. The van der Waals surface area contributed by atoms with Crippen molar-refractivity contribution in [3.05, 3.63) is 29.8 Å². The molecule has 0 aliphatic heterocycles. The van der Waals surface area contributed by atoms with Crippen LogP contribution in [0.4, 0.5) is 0 Å². The zero-order valence-electron chi connectivity index (χ0n) is 10.7. The van der Waals surface area contributed by atoms with Gasteiger partial charge in [-0.25, -0.2) is 0 Å². The van der Waals surface area contributed by atoms with Crippen LogP contribution in [0.1, 0.15) is 32.3 Å². The zero-order valence-corrected chi connectivity index (χ0v) is 10.7. The standard InChI is InChI=1S/C14H22O3/c1-3-10-16-14(4-2)17-11-9-12-5-7-13(15)8-6-12/h5-8,14-15H,3-4,9-11H2,1-2H3. The first-order chi connectivity index (χ1) is 8.26. The van der Waals surface area contributed by atoms with E-state index in [4.69, 9.17) is 14.6 Å². The van der Waals surface area contributed by atoms with E-state index in [0.717, 1.165) is 31.4 Å². The molecule has 1 N–H and O–H groups in total. The summed E-state index contributed by atoms with van der Waals surface area (Å²) in [5.74, 6) is 0.299. The van der Waals surface area contributed by atoms with Gasteiger partial charge in [0.1, 0.15) is 5.75 Å². The van der Waals surface area contributed by atoms with E-state index < -0.39 is 0 Å². The normalized spacial score (nSPS) is 12.6. The molecule has 0 aromatic heterocycles. The number of phenolic OH excluding ortho intramolecular Hbond substituents is 1. The molecule has 3 nitrogen and oxygen atoms in total. The Morgan fingerprint density at radius 3 is 2.29 bits per heavy atom. The van der Waals surface area contributed by atoms with Gasteiger partial charge in [-0.3, -0.25) is 0 Å². The van der Waals surface area contributed by atoms with Crippen LogP contribution in [0, 0.1) is 0 Å². The summed E-state index contributed by atoms with van der Waals surface area (Å²) < 4.78 is 11.2. The van der Waals surface area contributed by atoms with Crippen molar-refractivity contribution in [2.24, 2.45) is 0 Å². The summed E-state index contributed by atoms with van der Waals surface area (Å²) in [5.41, 5.74) is 1.16. The molecule has 0 amide bonds. The van der Waals surface area contributed by atoms with Crippen LogP contribution in [0.2, 0.25) is 0 Å². The summed E-state index contributed by atoms with van der Waals surface area (Å²) >= 11 is 0. The highest BCUT2D eigenvalue weighted by Crippen LogP contribution is 2.10. The molecule has 1 atom stereocenters. The Balaban J connectivity index is 2.23. The predicted octanol–water partition coefficient (Wildman–Crippen LogP) is 3.11. The maximum Gasteiger partial charge on any atom is 0.157 e. The first kappa shape index (κ1) is 14.0. The van der Waals surface area contributed by atoms with E-state index in [1.165, 1.54) is 0 Å². The average Bonchev–Trinajstić information content (AvgIpc) is 2.36. The van der Waals surface area contributed by atoms with E-state index >= 15 is 0 Å². The van der Waals surface area contributed by atoms with Crippen molar-refractivity contribution in [1.82, 2.24) is 0 Å². The maximum absolute atomic E-state index is 9.15. The highest BCUT2D eigenvalue weighted by atomic mass is 16.7. The van der Waals surface area contributed by atoms with Crippen LogP contribution < -0.4 is 0 Å². The molecule has 0 fully saturated rings. The van der Waals surface area contributed by atoms with Crippen molar-refractivity contribution >= 4 is 0 Å². The second kappa shape index (κ2) is 8.09. The molecule has 0 bridgehead atoms. The molecule has 1 unspecified atom stereocenters. The Morgan fingerprint density at radius 1 is 1.06 bits per heavy atom. The second-order valence-electron chi connectivity index (χ2n) is 4.00. The van der Waals surface area contributed by atoms with E-state index in [1.54, 1.807) is 12.1 Å². The van der Waals surface area contributed by atoms with Crippen molar-refractivity contribution in [2.75, 3.05) is 13.2 Å². The molecule has 17 heavy (non-hydrogen) atoms. The number of rotatable bonds is 8. The van der Waals surface area contributed by atoms with Crippen molar-refractivity contribution in [3.63, 3.8) is 0 Å². The van der Waals surface area contributed by atoms with Gasteiger partial charge in [-0.2, -0.15) is 0 Å². The maximum atomic E-state index is 9.15. The highest BCUT2D eigenvalue weighted by Gasteiger charge is 2.05. The first-order valence-corrected chi connectivity index (χ1v) is 6.27. The number of ether oxygens (including phenoxy) is 2. The molecule has 1 aromatic carbocycles. The van der Waals surface area contributed by atoms with Gasteiger partial charge in [0.25, 0.3) is 0 Å². The number of hydrogen-bond acceptors (Lipinski definition) is 3. The van der Waals surface area contributed by atoms with Crippen LogP contribution in [0.25, 0.3) is 0 Å². The molecule has 0 aliphatic carbocycles. The van der Waals surface area contributed by atoms with Crippen molar-refractivity contribution < 1.29 is 14.6 Å². The molecule has 0 radical (unpaired) electrons. The van der Waals surface area contributed by atoms with Crippen LogP contribution >= 0.6 is 0 Å². The fraction of sp³-hybridized carbons (Fsp3) is 0.571. The lowest BCUT2D eigenvalue weighted by atomic mass is 10.1. The molecule has 0 spiro atoms. The van der Waals surface area contributed by atoms with Crippen LogP contribution in [0.15, 0.2) is 24.3 Å². The topological polar surface area (TPSA) is 38.7 Å². The summed E-state index contributed by atoms with van der Waals surface area (Å²) in [6.07, 6.45) is 2.63. The van der Waals surface area contributed by atoms with Gasteiger partial charge in [0.15, 0.2) is 6.29 Å². The van der Waals surface area contributed by atoms with Crippen molar-refractivity contribution in [3.8, 4) is 5.75 Å². The Hall–Kier alpha value is -1.06. The smallest absolute Gasteiger partial charge is 0.157 e. The molecule has 0 saturated heterocycles. The first-order valence-electron chi connectivity index (χ1n) is 6.27. The summed E-state index contributed by atoms with van der Waals surface area (Å²) in [4.78, 5) is 0. The van der Waals surface area contributed by atoms with E-state index in [9.17, 15) is 0 Å². The lowest BCUT2D eigenvalue weighted by molar-refractivity contribution is -0.142. The minimum absolute atomic E-state index is 0.0907. The number of hydrogen-bond donors (Lipinski definition) is 1.